The van der Waals surface area contributed by atoms with E-state index in [0.717, 1.165) is 45.6 Å². The summed E-state index contributed by atoms with van der Waals surface area (Å²) >= 11 is 0. The Morgan fingerprint density at radius 2 is 1.82 bits per heavy atom. The van der Waals surface area contributed by atoms with Crippen LogP contribution in [-0.4, -0.2) is 52.7 Å². The summed E-state index contributed by atoms with van der Waals surface area (Å²) in [4.78, 5) is 4.45. The van der Waals surface area contributed by atoms with E-state index in [1.807, 2.05) is 4.81 Å². The molecule has 0 aromatic heterocycles. The topological polar surface area (TPSA) is 15.7 Å². The van der Waals surface area contributed by atoms with Crippen molar-refractivity contribution in [3.63, 3.8) is 0 Å². The molecule has 4 heteroatoms. The van der Waals surface area contributed by atoms with Gasteiger partial charge in [-0.15, -0.1) is 0 Å². The van der Waals surface area contributed by atoms with Crippen LogP contribution in [-0.2, 0) is 23.0 Å². The molecule has 0 fully saturated rings. The van der Waals surface area contributed by atoms with Crippen molar-refractivity contribution in [2.45, 2.75) is 38.5 Å². The van der Waals surface area contributed by atoms with Gasteiger partial charge in [0.2, 0.25) is 0 Å². The molecule has 3 nitrogen and oxygen atoms in total. The molecule has 0 unspecified atom stereocenters. The fourth-order valence-corrected chi connectivity index (χ4v) is 3.69. The van der Waals surface area contributed by atoms with E-state index in [4.69, 9.17) is 12.7 Å². The number of fused-ring (bicyclic) bond motifs is 2. The first-order valence-electron chi connectivity index (χ1n) is 8.41. The minimum Gasteiger partial charge on any atom is -0.383 e. The standard InChI is InChI=1S/C18H27BN2O/c1-18(2)6-9-20(10-11-22-3)17-13-15-5-8-21(19)7-4-14(15)12-16(17)18/h12-13H,4-11H2,1-3H3. The zero-order valence-electron chi connectivity index (χ0n) is 14.2. The molecule has 0 bridgehead atoms. The minimum atomic E-state index is 0.253. The average Bonchev–Trinajstić information content (AvgIpc) is 2.67. The van der Waals surface area contributed by atoms with Gasteiger partial charge in [-0.1, -0.05) is 19.9 Å². The maximum Gasteiger partial charge on any atom is 0.182 e. The molecule has 2 aliphatic rings. The van der Waals surface area contributed by atoms with Crippen LogP contribution in [0.5, 0.6) is 0 Å². The van der Waals surface area contributed by atoms with Crippen LogP contribution in [0.3, 0.4) is 0 Å². The van der Waals surface area contributed by atoms with Crippen molar-refractivity contribution in [1.82, 2.24) is 4.81 Å². The van der Waals surface area contributed by atoms with Crippen molar-refractivity contribution in [3.05, 3.63) is 28.8 Å². The number of hydrogen-bond donors (Lipinski definition) is 0. The summed E-state index contributed by atoms with van der Waals surface area (Å²) < 4.78 is 5.29. The predicted molar refractivity (Wildman–Crippen MR) is 92.9 cm³/mol. The van der Waals surface area contributed by atoms with Crippen LogP contribution >= 0.6 is 0 Å². The first kappa shape index (κ1) is 15.9. The van der Waals surface area contributed by atoms with E-state index in [2.05, 4.69) is 30.9 Å². The highest BCUT2D eigenvalue weighted by Gasteiger charge is 2.32. The second-order valence-corrected chi connectivity index (χ2v) is 7.29. The summed E-state index contributed by atoms with van der Waals surface area (Å²) in [5.41, 5.74) is 6.14. The summed E-state index contributed by atoms with van der Waals surface area (Å²) in [7, 11) is 7.80. The summed E-state index contributed by atoms with van der Waals surface area (Å²) in [6.45, 7) is 9.53. The molecule has 2 radical (unpaired) electrons. The second-order valence-electron chi connectivity index (χ2n) is 7.29. The maximum atomic E-state index is 6.02. The molecule has 22 heavy (non-hydrogen) atoms. The highest BCUT2D eigenvalue weighted by molar-refractivity contribution is 6.04. The van der Waals surface area contributed by atoms with Gasteiger partial charge in [0.25, 0.3) is 0 Å². The third-order valence-electron chi connectivity index (χ3n) is 5.30. The fourth-order valence-electron chi connectivity index (χ4n) is 3.69. The van der Waals surface area contributed by atoms with Gasteiger partial charge in [0, 0.05) is 25.9 Å². The van der Waals surface area contributed by atoms with Crippen molar-refractivity contribution < 1.29 is 4.74 Å². The number of ether oxygens (including phenoxy) is 1. The van der Waals surface area contributed by atoms with Gasteiger partial charge in [0.05, 0.1) is 6.61 Å². The number of anilines is 1. The molecule has 0 spiro atoms. The Kier molecular flexibility index (Phi) is 4.51. The first-order chi connectivity index (χ1) is 10.5. The molecular formula is C18H27BN2O. The summed E-state index contributed by atoms with van der Waals surface area (Å²) in [5, 5.41) is 0. The van der Waals surface area contributed by atoms with Crippen molar-refractivity contribution >= 4 is 13.7 Å². The average molecular weight is 298 g/mol. The Balaban J connectivity index is 1.99. The summed E-state index contributed by atoms with van der Waals surface area (Å²) in [5.74, 6) is 0. The first-order valence-corrected chi connectivity index (χ1v) is 8.41. The van der Waals surface area contributed by atoms with E-state index in [9.17, 15) is 0 Å². The number of nitrogens with zero attached hydrogens (tertiary/aromatic N) is 2. The summed E-state index contributed by atoms with van der Waals surface area (Å²) in [6, 6.07) is 4.89. The minimum absolute atomic E-state index is 0.253. The smallest absolute Gasteiger partial charge is 0.182 e. The van der Waals surface area contributed by atoms with Crippen molar-refractivity contribution in [2.24, 2.45) is 0 Å². The quantitative estimate of drug-likeness (QED) is 0.797. The molecule has 0 aliphatic carbocycles. The van der Waals surface area contributed by atoms with Crippen LogP contribution in [0.2, 0.25) is 0 Å². The van der Waals surface area contributed by atoms with Gasteiger partial charge >= 0.3 is 0 Å². The van der Waals surface area contributed by atoms with E-state index in [0.29, 0.717) is 0 Å². The Morgan fingerprint density at radius 3 is 2.50 bits per heavy atom. The Bertz CT molecular complexity index is 544. The molecule has 118 valence electrons. The molecule has 2 heterocycles. The Morgan fingerprint density at radius 1 is 1.14 bits per heavy atom. The van der Waals surface area contributed by atoms with Gasteiger partial charge in [-0.25, -0.2) is 0 Å². The molecule has 1 aromatic rings. The van der Waals surface area contributed by atoms with E-state index < -0.39 is 0 Å². The van der Waals surface area contributed by atoms with Crippen molar-refractivity contribution in [3.8, 4) is 0 Å². The van der Waals surface area contributed by atoms with Crippen LogP contribution in [0, 0.1) is 0 Å². The van der Waals surface area contributed by atoms with Crippen molar-refractivity contribution in [1.29, 1.82) is 0 Å². The second kappa shape index (κ2) is 6.25. The van der Waals surface area contributed by atoms with Crippen LogP contribution in [0.1, 0.15) is 37.0 Å². The molecule has 0 amide bonds. The lowest BCUT2D eigenvalue weighted by Gasteiger charge is -2.41. The van der Waals surface area contributed by atoms with E-state index in [1.54, 1.807) is 7.11 Å². The van der Waals surface area contributed by atoms with Crippen LogP contribution < -0.4 is 4.90 Å². The van der Waals surface area contributed by atoms with E-state index >= 15 is 0 Å². The van der Waals surface area contributed by atoms with Gasteiger partial charge < -0.3 is 14.4 Å². The molecule has 0 N–H and O–H groups in total. The molecule has 0 saturated heterocycles. The maximum absolute atomic E-state index is 6.02. The highest BCUT2D eigenvalue weighted by Crippen LogP contribution is 2.41. The lowest BCUT2D eigenvalue weighted by molar-refractivity contribution is 0.204. The molecule has 1 aromatic carbocycles. The van der Waals surface area contributed by atoms with Crippen LogP contribution in [0.15, 0.2) is 12.1 Å². The number of hydrogen-bond acceptors (Lipinski definition) is 3. The van der Waals surface area contributed by atoms with Crippen LogP contribution in [0.4, 0.5) is 5.69 Å². The predicted octanol–water partition coefficient (Wildman–Crippen LogP) is 2.30. The lowest BCUT2D eigenvalue weighted by atomic mass is 9.76. The Labute approximate surface area is 136 Å². The summed E-state index contributed by atoms with van der Waals surface area (Å²) in [6.07, 6.45) is 3.32. The molecular weight excluding hydrogens is 271 g/mol. The van der Waals surface area contributed by atoms with Crippen LogP contribution in [0.25, 0.3) is 0 Å². The van der Waals surface area contributed by atoms with Gasteiger partial charge in [0.15, 0.2) is 7.98 Å². The molecule has 2 aliphatic heterocycles. The van der Waals surface area contributed by atoms with Gasteiger partial charge in [-0.05, 0) is 60.5 Å². The number of benzene rings is 1. The zero-order valence-corrected chi connectivity index (χ0v) is 14.2. The lowest BCUT2D eigenvalue weighted by Crippen LogP contribution is -2.39. The Hall–Kier alpha value is -0.995. The number of rotatable bonds is 3. The van der Waals surface area contributed by atoms with Gasteiger partial charge in [-0.3, -0.25) is 0 Å². The molecule has 0 saturated carbocycles. The normalized spacial score (nSPS) is 21.1. The highest BCUT2D eigenvalue weighted by atomic mass is 16.5. The van der Waals surface area contributed by atoms with E-state index in [-0.39, 0.29) is 5.41 Å². The largest absolute Gasteiger partial charge is 0.383 e. The fraction of sp³-hybridized carbons (Fsp3) is 0.667. The van der Waals surface area contributed by atoms with Gasteiger partial charge in [-0.2, -0.15) is 0 Å². The SMILES string of the molecule is [B]N1CCc2cc3c(cc2CC1)C(C)(C)CCN3CCOC. The van der Waals surface area contributed by atoms with E-state index in [1.165, 1.54) is 28.8 Å². The third-order valence-corrected chi connectivity index (χ3v) is 5.30. The molecule has 0 atom stereocenters. The van der Waals surface area contributed by atoms with Gasteiger partial charge in [0.1, 0.15) is 0 Å². The molecule has 3 rings (SSSR count). The number of methoxy groups -OCH3 is 1. The van der Waals surface area contributed by atoms with Crippen molar-refractivity contribution in [2.75, 3.05) is 44.8 Å². The zero-order chi connectivity index (χ0) is 15.7. The third kappa shape index (κ3) is 3.04. The monoisotopic (exact) mass is 298 g/mol.